The third-order valence-electron chi connectivity index (χ3n) is 5.56. The average molecular weight is 345 g/mol. The third-order valence-corrected chi connectivity index (χ3v) is 6.10. The monoisotopic (exact) mass is 345 g/mol. The van der Waals surface area contributed by atoms with Crippen LogP contribution in [0, 0.1) is 11.8 Å². The van der Waals surface area contributed by atoms with E-state index in [0.29, 0.717) is 29.5 Å². The topological polar surface area (TPSA) is 65.1 Å². The molecule has 2 aromatic rings. The molecular formula is C17H23N5OS. The number of aromatic nitrogens is 3. The van der Waals surface area contributed by atoms with Gasteiger partial charge in [0.2, 0.25) is 5.91 Å². The smallest absolute Gasteiger partial charge is 0.232 e. The summed E-state index contributed by atoms with van der Waals surface area (Å²) in [6.45, 7) is 1.86. The Balaban J connectivity index is 1.45. The highest BCUT2D eigenvalue weighted by atomic mass is 32.2. The molecule has 1 amide bonds. The number of hydrogen-bond acceptors (Lipinski definition) is 5. The summed E-state index contributed by atoms with van der Waals surface area (Å²) >= 11 is 1.61. The molecule has 0 bridgehead atoms. The molecule has 1 saturated heterocycles. The van der Waals surface area contributed by atoms with Crippen molar-refractivity contribution >= 4 is 34.5 Å². The summed E-state index contributed by atoms with van der Waals surface area (Å²) in [7, 11) is 2.14. The van der Waals surface area contributed by atoms with E-state index in [1.165, 1.54) is 0 Å². The van der Waals surface area contributed by atoms with Crippen LogP contribution in [0.4, 0.5) is 5.82 Å². The van der Waals surface area contributed by atoms with Crippen LogP contribution < -0.4 is 4.90 Å². The first-order chi connectivity index (χ1) is 11.7. The lowest BCUT2D eigenvalue weighted by atomic mass is 10.0. The lowest BCUT2D eigenvalue weighted by Crippen LogP contribution is -2.35. The SMILES string of the molecule is CSCC(=O)N1CC2C[C@@H](N(C)c3ncnc4[nH]ccc34)C[C@@H]2C1. The van der Waals surface area contributed by atoms with Gasteiger partial charge in [-0.1, -0.05) is 0 Å². The number of carbonyl (C=O) groups excluding carboxylic acids is 1. The Hall–Kier alpha value is -1.76. The molecule has 0 spiro atoms. The highest BCUT2D eigenvalue weighted by Gasteiger charge is 2.43. The first-order valence-electron chi connectivity index (χ1n) is 8.45. The molecular weight excluding hydrogens is 322 g/mol. The molecule has 0 radical (unpaired) electrons. The van der Waals surface area contributed by atoms with Crippen LogP contribution in [0.1, 0.15) is 12.8 Å². The number of nitrogens with zero attached hydrogens (tertiary/aromatic N) is 4. The molecule has 2 aromatic heterocycles. The normalized spacial score (nSPS) is 26.1. The van der Waals surface area contributed by atoms with Gasteiger partial charge in [0.1, 0.15) is 17.8 Å². The molecule has 0 aromatic carbocycles. The molecule has 4 rings (SSSR count). The second-order valence-corrected chi connectivity index (χ2v) is 7.79. The van der Waals surface area contributed by atoms with Crippen LogP contribution in [-0.4, -0.2) is 63.9 Å². The number of nitrogens with one attached hydrogen (secondary N) is 1. The van der Waals surface area contributed by atoms with E-state index in [2.05, 4.69) is 31.8 Å². The van der Waals surface area contributed by atoms with Crippen molar-refractivity contribution in [3.63, 3.8) is 0 Å². The van der Waals surface area contributed by atoms with Gasteiger partial charge in [-0.15, -0.1) is 0 Å². The number of hydrogen-bond donors (Lipinski definition) is 1. The zero-order valence-electron chi connectivity index (χ0n) is 14.1. The minimum atomic E-state index is 0.298. The number of anilines is 1. The van der Waals surface area contributed by atoms with Crippen LogP contribution in [0.15, 0.2) is 18.6 Å². The van der Waals surface area contributed by atoms with Gasteiger partial charge in [-0.3, -0.25) is 4.79 Å². The zero-order valence-corrected chi connectivity index (χ0v) is 14.9. The molecule has 2 fully saturated rings. The molecule has 24 heavy (non-hydrogen) atoms. The Bertz CT molecular complexity index is 733. The Kier molecular flexibility index (Phi) is 4.12. The fourth-order valence-corrected chi connectivity index (χ4v) is 4.74. The maximum absolute atomic E-state index is 12.1. The van der Waals surface area contributed by atoms with Crippen LogP contribution in [-0.2, 0) is 4.79 Å². The molecule has 3 heterocycles. The minimum Gasteiger partial charge on any atom is -0.356 e. The largest absolute Gasteiger partial charge is 0.356 e. The van der Waals surface area contributed by atoms with Gasteiger partial charge in [0, 0.05) is 32.4 Å². The number of rotatable bonds is 4. The minimum absolute atomic E-state index is 0.298. The van der Waals surface area contributed by atoms with E-state index in [1.54, 1.807) is 18.1 Å². The van der Waals surface area contributed by atoms with Crippen molar-refractivity contribution in [1.82, 2.24) is 19.9 Å². The molecule has 128 valence electrons. The Morgan fingerprint density at radius 3 is 2.83 bits per heavy atom. The van der Waals surface area contributed by atoms with Crippen molar-refractivity contribution in [1.29, 1.82) is 0 Å². The maximum atomic E-state index is 12.1. The Labute approximate surface area is 146 Å². The zero-order chi connectivity index (χ0) is 16.7. The predicted molar refractivity (Wildman–Crippen MR) is 97.3 cm³/mol. The van der Waals surface area contributed by atoms with Gasteiger partial charge in [-0.25, -0.2) is 9.97 Å². The van der Waals surface area contributed by atoms with Gasteiger partial charge < -0.3 is 14.8 Å². The quantitative estimate of drug-likeness (QED) is 0.918. The number of amides is 1. The number of likely N-dealkylation sites (tertiary alicyclic amines) is 1. The van der Waals surface area contributed by atoms with Crippen molar-refractivity contribution in [2.75, 3.05) is 37.0 Å². The molecule has 6 nitrogen and oxygen atoms in total. The van der Waals surface area contributed by atoms with Crippen LogP contribution in [0.5, 0.6) is 0 Å². The molecule has 1 aliphatic carbocycles. The summed E-state index contributed by atoms with van der Waals surface area (Å²) in [5.41, 5.74) is 0.888. The second kappa shape index (κ2) is 6.27. The predicted octanol–water partition coefficient (Wildman–Crippen LogP) is 1.99. The number of carbonyl (C=O) groups is 1. The summed E-state index contributed by atoms with van der Waals surface area (Å²) in [6, 6.07) is 2.53. The van der Waals surface area contributed by atoms with Gasteiger partial charge in [0.05, 0.1) is 11.1 Å². The Morgan fingerprint density at radius 1 is 1.38 bits per heavy atom. The molecule has 7 heteroatoms. The second-order valence-electron chi connectivity index (χ2n) is 6.93. The fourth-order valence-electron chi connectivity index (χ4n) is 4.32. The van der Waals surface area contributed by atoms with E-state index < -0.39 is 0 Å². The van der Waals surface area contributed by atoms with Gasteiger partial charge in [0.25, 0.3) is 0 Å². The van der Waals surface area contributed by atoms with Crippen LogP contribution in [0.2, 0.25) is 0 Å². The average Bonchev–Trinajstić information content (AvgIpc) is 3.27. The van der Waals surface area contributed by atoms with Crippen molar-refractivity contribution in [2.24, 2.45) is 11.8 Å². The summed E-state index contributed by atoms with van der Waals surface area (Å²) in [6.07, 6.45) is 7.81. The fraction of sp³-hybridized carbons (Fsp3) is 0.588. The van der Waals surface area contributed by atoms with E-state index in [1.807, 2.05) is 18.5 Å². The van der Waals surface area contributed by atoms with E-state index in [0.717, 1.165) is 42.8 Å². The number of fused-ring (bicyclic) bond motifs is 2. The summed E-state index contributed by atoms with van der Waals surface area (Å²) in [5, 5.41) is 1.08. The molecule has 1 saturated carbocycles. The van der Waals surface area contributed by atoms with E-state index in [-0.39, 0.29) is 0 Å². The molecule has 1 unspecified atom stereocenters. The number of H-pyrrole nitrogens is 1. The van der Waals surface area contributed by atoms with Crippen molar-refractivity contribution in [3.05, 3.63) is 18.6 Å². The van der Waals surface area contributed by atoms with Gasteiger partial charge >= 0.3 is 0 Å². The first-order valence-corrected chi connectivity index (χ1v) is 9.84. The highest BCUT2D eigenvalue weighted by molar-refractivity contribution is 7.99. The van der Waals surface area contributed by atoms with Crippen LogP contribution >= 0.6 is 11.8 Å². The van der Waals surface area contributed by atoms with E-state index >= 15 is 0 Å². The van der Waals surface area contributed by atoms with Crippen molar-refractivity contribution < 1.29 is 4.79 Å². The van der Waals surface area contributed by atoms with E-state index in [9.17, 15) is 4.79 Å². The summed E-state index contributed by atoms with van der Waals surface area (Å²) < 4.78 is 0. The van der Waals surface area contributed by atoms with Crippen molar-refractivity contribution in [2.45, 2.75) is 18.9 Å². The van der Waals surface area contributed by atoms with Crippen LogP contribution in [0.3, 0.4) is 0 Å². The maximum Gasteiger partial charge on any atom is 0.232 e. The summed E-state index contributed by atoms with van der Waals surface area (Å²) in [5.74, 6) is 3.17. The number of thioether (sulfide) groups is 1. The third kappa shape index (κ3) is 2.64. The van der Waals surface area contributed by atoms with Crippen LogP contribution in [0.25, 0.3) is 11.0 Å². The van der Waals surface area contributed by atoms with Gasteiger partial charge in [0.15, 0.2) is 0 Å². The number of aromatic amines is 1. The molecule has 1 aliphatic heterocycles. The standard InChI is InChI=1S/C17H23N5OS/c1-21(17-14-3-4-18-16(14)19-10-20-17)13-5-11-7-22(8-12(11)6-13)15(23)9-24-2/h3-4,10-13H,5-9H2,1-2H3,(H,18,19,20)/t11-,12?,13+/m1/s1. The highest BCUT2D eigenvalue weighted by Crippen LogP contribution is 2.41. The Morgan fingerprint density at radius 2 is 2.12 bits per heavy atom. The van der Waals surface area contributed by atoms with Gasteiger partial charge in [-0.2, -0.15) is 11.8 Å². The van der Waals surface area contributed by atoms with Gasteiger partial charge in [-0.05, 0) is 37.0 Å². The molecule has 3 atom stereocenters. The van der Waals surface area contributed by atoms with E-state index in [4.69, 9.17) is 0 Å². The first kappa shape index (κ1) is 15.7. The molecule has 2 aliphatic rings. The van der Waals surface area contributed by atoms with Crippen molar-refractivity contribution in [3.8, 4) is 0 Å². The lowest BCUT2D eigenvalue weighted by Gasteiger charge is -2.28. The summed E-state index contributed by atoms with van der Waals surface area (Å²) in [4.78, 5) is 28.4. The lowest BCUT2D eigenvalue weighted by molar-refractivity contribution is -0.127. The molecule has 1 N–H and O–H groups in total.